The lowest BCUT2D eigenvalue weighted by Crippen LogP contribution is -2.37. The van der Waals surface area contributed by atoms with Gasteiger partial charge in [-0.1, -0.05) is 19.3 Å². The second-order valence-corrected chi connectivity index (χ2v) is 6.41. The van der Waals surface area contributed by atoms with Gasteiger partial charge in [-0.05, 0) is 32.0 Å². The summed E-state index contributed by atoms with van der Waals surface area (Å²) in [6.07, 6.45) is 6.52. The fraction of sp³-hybridized carbons (Fsp3) is 0.667. The molecule has 17 heavy (non-hydrogen) atoms. The minimum atomic E-state index is 0.130. The molecule has 0 aliphatic heterocycles. The number of carbonyl (C=O) groups is 1. The van der Waals surface area contributed by atoms with Gasteiger partial charge in [0.2, 0.25) is 5.91 Å². The highest BCUT2D eigenvalue weighted by Gasteiger charge is 2.16. The second-order valence-electron chi connectivity index (χ2n) is 4.64. The molecule has 1 aliphatic rings. The Morgan fingerprint density at radius 1 is 1.47 bits per heavy atom. The van der Waals surface area contributed by atoms with Crippen molar-refractivity contribution in [1.82, 2.24) is 10.3 Å². The smallest absolute Gasteiger partial charge is 0.225 e. The van der Waals surface area contributed by atoms with Crippen molar-refractivity contribution in [2.45, 2.75) is 51.5 Å². The van der Waals surface area contributed by atoms with E-state index in [1.165, 1.54) is 30.6 Å². The number of aromatic amines is 1. The minimum Gasteiger partial charge on any atom is -0.353 e. The van der Waals surface area contributed by atoms with Crippen LogP contribution < -0.4 is 5.32 Å². The molecule has 3 nitrogen and oxygen atoms in total. The van der Waals surface area contributed by atoms with Gasteiger partial charge in [0, 0.05) is 16.6 Å². The summed E-state index contributed by atoms with van der Waals surface area (Å²) in [5.74, 6) is 0.130. The molecule has 2 N–H and O–H groups in total. The fourth-order valence-electron chi connectivity index (χ4n) is 2.28. The molecule has 0 aromatic carbocycles. The van der Waals surface area contributed by atoms with Crippen LogP contribution in [-0.4, -0.2) is 16.9 Å². The second kappa shape index (κ2) is 5.78. The van der Waals surface area contributed by atoms with E-state index >= 15 is 0 Å². The predicted octanol–water partition coefficient (Wildman–Crippen LogP) is 3.11. The lowest BCUT2D eigenvalue weighted by molar-refractivity contribution is -0.121. The number of hydrogen-bond acceptors (Lipinski definition) is 3. The minimum absolute atomic E-state index is 0.130. The molecule has 0 radical (unpaired) electrons. The Kier molecular flexibility index (Phi) is 4.34. The van der Waals surface area contributed by atoms with E-state index in [1.807, 2.05) is 6.92 Å². The zero-order chi connectivity index (χ0) is 12.3. The first-order valence-corrected chi connectivity index (χ1v) is 7.35. The van der Waals surface area contributed by atoms with Crippen LogP contribution in [0.3, 0.4) is 0 Å². The van der Waals surface area contributed by atoms with Crippen molar-refractivity contribution >= 4 is 29.5 Å². The number of thiazole rings is 1. The molecule has 1 aromatic rings. The van der Waals surface area contributed by atoms with Gasteiger partial charge in [0.1, 0.15) is 0 Å². The Hall–Kier alpha value is -0.680. The van der Waals surface area contributed by atoms with E-state index in [0.717, 1.165) is 27.4 Å². The van der Waals surface area contributed by atoms with Crippen molar-refractivity contribution in [2.75, 3.05) is 0 Å². The summed E-state index contributed by atoms with van der Waals surface area (Å²) >= 11 is 6.57. The topological polar surface area (TPSA) is 44.9 Å². The van der Waals surface area contributed by atoms with Crippen LogP contribution >= 0.6 is 23.6 Å². The highest BCUT2D eigenvalue weighted by Crippen LogP contribution is 2.18. The van der Waals surface area contributed by atoms with Gasteiger partial charge >= 0.3 is 0 Å². The first kappa shape index (κ1) is 12.8. The van der Waals surface area contributed by atoms with Gasteiger partial charge in [-0.2, -0.15) is 0 Å². The molecule has 0 atom stereocenters. The number of carbonyl (C=O) groups excluding carboxylic acids is 1. The highest BCUT2D eigenvalue weighted by atomic mass is 32.1. The molecular formula is C12H18N2OS2. The molecule has 1 aliphatic carbocycles. The molecule has 94 valence electrons. The molecule has 1 aromatic heterocycles. The van der Waals surface area contributed by atoms with Crippen LogP contribution in [0.5, 0.6) is 0 Å². The van der Waals surface area contributed by atoms with Gasteiger partial charge in [0.05, 0.1) is 6.42 Å². The van der Waals surface area contributed by atoms with Gasteiger partial charge in [0.25, 0.3) is 0 Å². The highest BCUT2D eigenvalue weighted by molar-refractivity contribution is 7.73. The van der Waals surface area contributed by atoms with Crippen molar-refractivity contribution < 1.29 is 4.79 Å². The van der Waals surface area contributed by atoms with Gasteiger partial charge in [-0.3, -0.25) is 4.79 Å². The number of rotatable bonds is 3. The standard InChI is InChI=1S/C12H18N2OS2/c1-8-10(17-12(16)13-8)7-11(15)14-9-5-3-2-4-6-9/h9H,2-7H2,1H3,(H,13,16)(H,14,15). The quantitative estimate of drug-likeness (QED) is 0.829. The number of nitrogens with one attached hydrogen (secondary N) is 2. The molecule has 1 fully saturated rings. The summed E-state index contributed by atoms with van der Waals surface area (Å²) in [6, 6.07) is 0.392. The van der Waals surface area contributed by atoms with Gasteiger partial charge < -0.3 is 10.3 Å². The molecule has 1 saturated carbocycles. The Morgan fingerprint density at radius 2 is 2.18 bits per heavy atom. The first-order valence-electron chi connectivity index (χ1n) is 6.13. The number of aromatic nitrogens is 1. The monoisotopic (exact) mass is 270 g/mol. The van der Waals surface area contributed by atoms with Crippen molar-refractivity contribution in [3.8, 4) is 0 Å². The zero-order valence-electron chi connectivity index (χ0n) is 10.0. The molecule has 0 saturated heterocycles. The van der Waals surface area contributed by atoms with Crippen LogP contribution in [-0.2, 0) is 11.2 Å². The Bertz CT molecular complexity index is 444. The third kappa shape index (κ3) is 3.64. The summed E-state index contributed by atoms with van der Waals surface area (Å²) in [5.41, 5.74) is 1.03. The SMILES string of the molecule is Cc1[nH]c(=S)sc1CC(=O)NC1CCCCC1. The third-order valence-electron chi connectivity index (χ3n) is 3.22. The molecule has 1 amide bonds. The largest absolute Gasteiger partial charge is 0.353 e. The maximum atomic E-state index is 11.9. The maximum Gasteiger partial charge on any atom is 0.225 e. The summed E-state index contributed by atoms with van der Waals surface area (Å²) < 4.78 is 0.753. The molecule has 2 rings (SSSR count). The summed E-state index contributed by atoms with van der Waals surface area (Å²) in [6.45, 7) is 1.97. The van der Waals surface area contributed by atoms with Gasteiger partial charge in [-0.15, -0.1) is 11.3 Å². The summed E-state index contributed by atoms with van der Waals surface area (Å²) in [5, 5.41) is 3.12. The Morgan fingerprint density at radius 3 is 2.76 bits per heavy atom. The number of hydrogen-bond donors (Lipinski definition) is 2. The van der Waals surface area contributed by atoms with Crippen LogP contribution in [0.15, 0.2) is 0 Å². The molecule has 1 heterocycles. The van der Waals surface area contributed by atoms with E-state index in [0.29, 0.717) is 12.5 Å². The van der Waals surface area contributed by atoms with E-state index in [-0.39, 0.29) is 5.91 Å². The van der Waals surface area contributed by atoms with E-state index < -0.39 is 0 Å². The average Bonchev–Trinajstić information content (AvgIpc) is 2.58. The average molecular weight is 270 g/mol. The van der Waals surface area contributed by atoms with Crippen LogP contribution in [0.25, 0.3) is 0 Å². The molecule has 5 heteroatoms. The number of aryl methyl sites for hydroxylation is 1. The summed E-state index contributed by atoms with van der Waals surface area (Å²) in [7, 11) is 0. The van der Waals surface area contributed by atoms with Gasteiger partial charge in [-0.25, -0.2) is 0 Å². The van der Waals surface area contributed by atoms with E-state index in [4.69, 9.17) is 12.2 Å². The Balaban J connectivity index is 1.88. The van der Waals surface area contributed by atoms with Crippen LogP contribution in [0.1, 0.15) is 42.7 Å². The summed E-state index contributed by atoms with van der Waals surface area (Å²) in [4.78, 5) is 16.0. The van der Waals surface area contributed by atoms with E-state index in [1.54, 1.807) is 0 Å². The zero-order valence-corrected chi connectivity index (χ0v) is 11.7. The maximum absolute atomic E-state index is 11.9. The Labute approximate surface area is 111 Å². The lowest BCUT2D eigenvalue weighted by atomic mass is 9.95. The van der Waals surface area contributed by atoms with Crippen molar-refractivity contribution in [2.24, 2.45) is 0 Å². The third-order valence-corrected chi connectivity index (χ3v) is 4.55. The molecule has 0 unspecified atom stereocenters. The molecule has 0 spiro atoms. The fourth-order valence-corrected chi connectivity index (χ4v) is 3.57. The van der Waals surface area contributed by atoms with Gasteiger partial charge in [0.15, 0.2) is 3.95 Å². The van der Waals surface area contributed by atoms with Crippen molar-refractivity contribution in [3.05, 3.63) is 14.5 Å². The van der Waals surface area contributed by atoms with Crippen molar-refractivity contribution in [1.29, 1.82) is 0 Å². The van der Waals surface area contributed by atoms with E-state index in [9.17, 15) is 4.79 Å². The van der Waals surface area contributed by atoms with E-state index in [2.05, 4.69) is 10.3 Å². The molecular weight excluding hydrogens is 252 g/mol. The van der Waals surface area contributed by atoms with Crippen LogP contribution in [0, 0.1) is 10.9 Å². The van der Waals surface area contributed by atoms with Crippen LogP contribution in [0.4, 0.5) is 0 Å². The number of H-pyrrole nitrogens is 1. The molecule has 0 bridgehead atoms. The normalized spacial score (nSPS) is 17.0. The first-order chi connectivity index (χ1) is 8.15. The predicted molar refractivity (Wildman–Crippen MR) is 73.0 cm³/mol. The van der Waals surface area contributed by atoms with Crippen molar-refractivity contribution in [3.63, 3.8) is 0 Å². The van der Waals surface area contributed by atoms with Crippen LogP contribution in [0.2, 0.25) is 0 Å². The lowest BCUT2D eigenvalue weighted by Gasteiger charge is -2.22. The number of amides is 1.